The van der Waals surface area contributed by atoms with Crippen molar-refractivity contribution in [2.24, 2.45) is 0 Å². The minimum Gasteiger partial charge on any atom is -0.318 e. The normalized spacial score (nSPS) is 26.5. The smallest absolute Gasteiger partial charge is 0.318 e. The summed E-state index contributed by atoms with van der Waals surface area (Å²) in [6, 6.07) is 0. The number of hydrogen-bond acceptors (Lipinski definition) is 2. The maximum absolute atomic E-state index is 12.6. The van der Waals surface area contributed by atoms with Crippen LogP contribution in [0.1, 0.15) is 0 Å². The van der Waals surface area contributed by atoms with E-state index in [0.717, 1.165) is 4.90 Å². The van der Waals surface area contributed by atoms with Gasteiger partial charge in [0, 0.05) is 13.1 Å². The molecule has 0 bridgehead atoms. The highest BCUT2D eigenvalue weighted by atomic mass is 19.3. The number of hydrogen-bond donors (Lipinski definition) is 1. The third-order valence-electron chi connectivity index (χ3n) is 2.06. The molecule has 0 aromatic rings. The number of nitrogens with one attached hydrogen (secondary N) is 1. The van der Waals surface area contributed by atoms with Gasteiger partial charge in [-0.3, -0.25) is 4.90 Å². The standard InChI is InChI=1S/C7H12F4N2/c1-12-2-3-13-4-6(8,9)7(10,11)5-13/h12H,2-5H2,1H3. The summed E-state index contributed by atoms with van der Waals surface area (Å²) in [6.45, 7) is -1.03. The summed E-state index contributed by atoms with van der Waals surface area (Å²) >= 11 is 0. The third-order valence-corrected chi connectivity index (χ3v) is 2.06. The van der Waals surface area contributed by atoms with Crippen molar-refractivity contribution in [2.45, 2.75) is 11.8 Å². The highest BCUT2D eigenvalue weighted by Crippen LogP contribution is 2.40. The molecule has 6 heteroatoms. The number of nitrogens with zero attached hydrogens (tertiary/aromatic N) is 1. The van der Waals surface area contributed by atoms with Crippen LogP contribution in [0.15, 0.2) is 0 Å². The summed E-state index contributed by atoms with van der Waals surface area (Å²) in [5.74, 6) is -7.75. The Morgan fingerprint density at radius 1 is 1.15 bits per heavy atom. The zero-order valence-electron chi connectivity index (χ0n) is 7.29. The zero-order valence-corrected chi connectivity index (χ0v) is 7.29. The lowest BCUT2D eigenvalue weighted by Crippen LogP contribution is -2.38. The Balaban J connectivity index is 2.50. The van der Waals surface area contributed by atoms with Crippen molar-refractivity contribution in [2.75, 3.05) is 33.2 Å². The van der Waals surface area contributed by atoms with E-state index in [1.807, 2.05) is 0 Å². The molecule has 1 N–H and O–H groups in total. The van der Waals surface area contributed by atoms with Crippen LogP contribution < -0.4 is 5.32 Å². The van der Waals surface area contributed by atoms with Crippen molar-refractivity contribution >= 4 is 0 Å². The Morgan fingerprint density at radius 2 is 1.62 bits per heavy atom. The Hall–Kier alpha value is -0.360. The molecule has 0 unspecified atom stereocenters. The van der Waals surface area contributed by atoms with Crippen LogP contribution in [0.5, 0.6) is 0 Å². The molecule has 0 spiro atoms. The van der Waals surface area contributed by atoms with Crippen LogP contribution in [0.2, 0.25) is 0 Å². The molecule has 0 aromatic carbocycles. The maximum Gasteiger partial charge on any atom is 0.323 e. The first kappa shape index (κ1) is 10.7. The summed E-state index contributed by atoms with van der Waals surface area (Å²) in [5, 5.41) is 2.72. The largest absolute Gasteiger partial charge is 0.323 e. The van der Waals surface area contributed by atoms with Crippen LogP contribution in [0.4, 0.5) is 17.6 Å². The first-order valence-corrected chi connectivity index (χ1v) is 4.02. The molecule has 0 aromatic heterocycles. The van der Waals surface area contributed by atoms with Crippen LogP contribution in [0.3, 0.4) is 0 Å². The van der Waals surface area contributed by atoms with Gasteiger partial charge in [-0.05, 0) is 7.05 Å². The molecular formula is C7H12F4N2. The molecule has 0 saturated carbocycles. The predicted molar refractivity (Wildman–Crippen MR) is 40.3 cm³/mol. The fourth-order valence-electron chi connectivity index (χ4n) is 1.28. The Labute approximate surface area is 73.9 Å². The number of alkyl halides is 4. The van der Waals surface area contributed by atoms with Gasteiger partial charge < -0.3 is 5.32 Å². The van der Waals surface area contributed by atoms with Gasteiger partial charge in [-0.1, -0.05) is 0 Å². The summed E-state index contributed by atoms with van der Waals surface area (Å²) in [7, 11) is 1.65. The van der Waals surface area contributed by atoms with Gasteiger partial charge >= 0.3 is 11.8 Å². The highest BCUT2D eigenvalue weighted by molar-refractivity contribution is 4.96. The van der Waals surface area contributed by atoms with Gasteiger partial charge in [-0.25, -0.2) is 0 Å². The molecule has 1 fully saturated rings. The van der Waals surface area contributed by atoms with Crippen LogP contribution in [0.25, 0.3) is 0 Å². The van der Waals surface area contributed by atoms with Gasteiger partial charge in [0.05, 0.1) is 13.1 Å². The SMILES string of the molecule is CNCCN1CC(F)(F)C(F)(F)C1. The highest BCUT2D eigenvalue weighted by Gasteiger charge is 2.62. The molecule has 1 rings (SSSR count). The van der Waals surface area contributed by atoms with E-state index in [4.69, 9.17) is 0 Å². The van der Waals surface area contributed by atoms with Crippen molar-refractivity contribution in [3.8, 4) is 0 Å². The van der Waals surface area contributed by atoms with E-state index < -0.39 is 24.9 Å². The maximum atomic E-state index is 12.6. The summed E-state index contributed by atoms with van der Waals surface area (Å²) < 4.78 is 50.4. The number of rotatable bonds is 3. The van der Waals surface area contributed by atoms with Crippen molar-refractivity contribution in [1.82, 2.24) is 10.2 Å². The van der Waals surface area contributed by atoms with Crippen LogP contribution in [0, 0.1) is 0 Å². The van der Waals surface area contributed by atoms with Crippen LogP contribution >= 0.6 is 0 Å². The van der Waals surface area contributed by atoms with Gasteiger partial charge in [-0.2, -0.15) is 17.6 Å². The van der Waals surface area contributed by atoms with E-state index in [9.17, 15) is 17.6 Å². The molecule has 13 heavy (non-hydrogen) atoms. The second-order valence-corrected chi connectivity index (χ2v) is 3.22. The molecule has 0 amide bonds. The predicted octanol–water partition coefficient (Wildman–Crippen LogP) is 0.792. The number of halogens is 4. The first-order valence-electron chi connectivity index (χ1n) is 4.02. The lowest BCUT2D eigenvalue weighted by molar-refractivity contribution is -0.172. The molecule has 0 radical (unpaired) electrons. The summed E-state index contributed by atoms with van der Waals surface area (Å²) in [6.07, 6.45) is 0. The molecule has 2 nitrogen and oxygen atoms in total. The Kier molecular flexibility index (Phi) is 2.82. The van der Waals surface area contributed by atoms with Crippen LogP contribution in [-0.2, 0) is 0 Å². The second kappa shape index (κ2) is 3.42. The van der Waals surface area contributed by atoms with Gasteiger partial charge in [0.15, 0.2) is 0 Å². The lowest BCUT2D eigenvalue weighted by Gasteiger charge is -2.15. The monoisotopic (exact) mass is 200 g/mol. The number of likely N-dealkylation sites (N-methyl/N-ethyl adjacent to an activating group) is 1. The summed E-state index contributed by atoms with van der Waals surface area (Å²) in [4.78, 5) is 1.07. The molecule has 78 valence electrons. The molecule has 0 atom stereocenters. The van der Waals surface area contributed by atoms with Gasteiger partial charge in [0.1, 0.15) is 0 Å². The Bertz CT molecular complexity index is 167. The van der Waals surface area contributed by atoms with Gasteiger partial charge in [0.2, 0.25) is 0 Å². The molecule has 1 saturated heterocycles. The topological polar surface area (TPSA) is 15.3 Å². The second-order valence-electron chi connectivity index (χ2n) is 3.22. The Morgan fingerprint density at radius 3 is 2.00 bits per heavy atom. The molecule has 1 aliphatic rings. The fraction of sp³-hybridized carbons (Fsp3) is 1.00. The molecule has 1 heterocycles. The lowest BCUT2D eigenvalue weighted by atomic mass is 10.2. The fourth-order valence-corrected chi connectivity index (χ4v) is 1.28. The van der Waals surface area contributed by atoms with E-state index in [1.165, 1.54) is 0 Å². The average Bonchev–Trinajstić information content (AvgIpc) is 2.17. The summed E-state index contributed by atoms with van der Waals surface area (Å²) in [5.41, 5.74) is 0. The average molecular weight is 200 g/mol. The van der Waals surface area contributed by atoms with E-state index in [1.54, 1.807) is 7.05 Å². The van der Waals surface area contributed by atoms with Gasteiger partial charge in [0.25, 0.3) is 0 Å². The van der Waals surface area contributed by atoms with Gasteiger partial charge in [-0.15, -0.1) is 0 Å². The van der Waals surface area contributed by atoms with Crippen molar-refractivity contribution < 1.29 is 17.6 Å². The van der Waals surface area contributed by atoms with Crippen molar-refractivity contribution in [3.05, 3.63) is 0 Å². The van der Waals surface area contributed by atoms with Crippen LogP contribution in [-0.4, -0.2) is 50.0 Å². The van der Waals surface area contributed by atoms with Crippen molar-refractivity contribution in [3.63, 3.8) is 0 Å². The van der Waals surface area contributed by atoms with E-state index in [0.29, 0.717) is 6.54 Å². The quantitative estimate of drug-likeness (QED) is 0.678. The van der Waals surface area contributed by atoms with E-state index in [-0.39, 0.29) is 6.54 Å². The van der Waals surface area contributed by atoms with E-state index >= 15 is 0 Å². The third kappa shape index (κ3) is 2.11. The minimum absolute atomic E-state index is 0.224. The molecule has 0 aliphatic carbocycles. The molecule has 1 aliphatic heterocycles. The minimum atomic E-state index is -3.87. The molecular weight excluding hydrogens is 188 g/mol. The number of likely N-dealkylation sites (tertiary alicyclic amines) is 1. The van der Waals surface area contributed by atoms with E-state index in [2.05, 4.69) is 5.32 Å². The first-order chi connectivity index (χ1) is 5.89. The van der Waals surface area contributed by atoms with Crippen molar-refractivity contribution in [1.29, 1.82) is 0 Å². The zero-order chi connectivity index (χ0) is 10.1.